The molecule has 9 heteroatoms. The van der Waals surface area contributed by atoms with Crippen molar-refractivity contribution in [2.45, 2.75) is 39.2 Å². The lowest BCUT2D eigenvalue weighted by atomic mass is 10.0. The van der Waals surface area contributed by atoms with Crippen LogP contribution in [0.5, 0.6) is 0 Å². The minimum Gasteiger partial charge on any atom is -0.462 e. The first-order valence-corrected chi connectivity index (χ1v) is 10.1. The smallest absolute Gasteiger partial charge is 0.166 e. The summed E-state index contributed by atoms with van der Waals surface area (Å²) in [7, 11) is 0. The molecule has 7 nitrogen and oxygen atoms in total. The quantitative estimate of drug-likeness (QED) is 0.436. The van der Waals surface area contributed by atoms with Crippen molar-refractivity contribution in [2.75, 3.05) is 5.73 Å². The monoisotopic (exact) mass is 441 g/mol. The van der Waals surface area contributed by atoms with Crippen LogP contribution in [0.3, 0.4) is 0 Å². The summed E-state index contributed by atoms with van der Waals surface area (Å²) in [6.45, 7) is 5.98. The molecule has 0 saturated heterocycles. The Morgan fingerprint density at radius 1 is 1.29 bits per heavy atom. The lowest BCUT2D eigenvalue weighted by Crippen LogP contribution is -2.23. The number of rotatable bonds is 5. The predicted octanol–water partition coefficient (Wildman–Crippen LogP) is 5.03. The van der Waals surface area contributed by atoms with Gasteiger partial charge in [0, 0.05) is 17.0 Å². The van der Waals surface area contributed by atoms with Crippen molar-refractivity contribution in [1.82, 2.24) is 19.7 Å². The van der Waals surface area contributed by atoms with Crippen molar-refractivity contribution in [3.05, 3.63) is 58.8 Å². The molecular weight excluding hydrogens is 421 g/mol. The van der Waals surface area contributed by atoms with Gasteiger partial charge in [-0.1, -0.05) is 17.7 Å². The van der Waals surface area contributed by atoms with Crippen LogP contribution in [-0.2, 0) is 12.0 Å². The van der Waals surface area contributed by atoms with Gasteiger partial charge in [0.05, 0.1) is 16.5 Å². The Kier molecular flexibility index (Phi) is 5.26. The molecule has 31 heavy (non-hydrogen) atoms. The van der Waals surface area contributed by atoms with Crippen molar-refractivity contribution in [1.29, 1.82) is 0 Å². The summed E-state index contributed by atoms with van der Waals surface area (Å²) < 4.78 is 21.4. The van der Waals surface area contributed by atoms with Crippen molar-refractivity contribution in [3.63, 3.8) is 0 Å². The van der Waals surface area contributed by atoms with Crippen LogP contribution in [0.15, 0.2) is 41.3 Å². The van der Waals surface area contributed by atoms with Crippen LogP contribution in [0, 0.1) is 5.82 Å². The van der Waals surface area contributed by atoms with Gasteiger partial charge in [0.15, 0.2) is 17.2 Å². The van der Waals surface area contributed by atoms with Crippen LogP contribution in [0.1, 0.15) is 43.1 Å². The second-order valence-corrected chi connectivity index (χ2v) is 8.62. The molecule has 160 valence electrons. The average Bonchev–Trinajstić information content (AvgIpc) is 3.32. The van der Waals surface area contributed by atoms with Crippen LogP contribution in [0.4, 0.5) is 10.2 Å². The van der Waals surface area contributed by atoms with E-state index in [1.807, 2.05) is 20.8 Å². The summed E-state index contributed by atoms with van der Waals surface area (Å²) in [4.78, 5) is 21.1. The summed E-state index contributed by atoms with van der Waals surface area (Å²) in [5.41, 5.74) is 7.45. The van der Waals surface area contributed by atoms with Gasteiger partial charge in [0.1, 0.15) is 29.9 Å². The maximum absolute atomic E-state index is 14.0. The number of fused-ring (bicyclic) bond motifs is 1. The molecule has 0 unspecified atom stereocenters. The molecule has 0 spiro atoms. The maximum atomic E-state index is 14.0. The molecule has 2 N–H and O–H groups in total. The van der Waals surface area contributed by atoms with E-state index in [0.717, 1.165) is 0 Å². The van der Waals surface area contributed by atoms with Gasteiger partial charge in [-0.3, -0.25) is 4.79 Å². The van der Waals surface area contributed by atoms with E-state index in [1.165, 1.54) is 24.7 Å². The number of carbonyl (C=O) groups is 1. The molecule has 0 aliphatic carbocycles. The number of hydrogen-bond acceptors (Lipinski definition) is 6. The summed E-state index contributed by atoms with van der Waals surface area (Å²) in [6, 6.07) is 6.06. The van der Waals surface area contributed by atoms with E-state index in [9.17, 15) is 9.18 Å². The number of hydrogen-bond donors (Lipinski definition) is 1. The second-order valence-electron chi connectivity index (χ2n) is 8.21. The molecule has 0 saturated carbocycles. The number of nitrogens with two attached hydrogens (primary N) is 1. The number of carbonyl (C=O) groups excluding carboxylic acids is 1. The molecule has 1 aromatic carbocycles. The van der Waals surface area contributed by atoms with E-state index in [-0.39, 0.29) is 30.0 Å². The molecule has 0 aliphatic rings. The molecule has 0 fully saturated rings. The summed E-state index contributed by atoms with van der Waals surface area (Å²) in [5.74, 6) is 0.0247. The van der Waals surface area contributed by atoms with E-state index in [1.54, 1.807) is 16.8 Å². The number of benzene rings is 1. The molecule has 3 aromatic heterocycles. The Bertz CT molecular complexity index is 1270. The van der Waals surface area contributed by atoms with Gasteiger partial charge < -0.3 is 10.2 Å². The zero-order valence-corrected chi connectivity index (χ0v) is 18.1. The first-order valence-electron chi connectivity index (χ1n) is 9.71. The Hall–Kier alpha value is -3.26. The van der Waals surface area contributed by atoms with E-state index >= 15 is 0 Å². The molecular formula is C22H21ClFN5O2. The highest BCUT2D eigenvalue weighted by Crippen LogP contribution is 2.34. The van der Waals surface area contributed by atoms with Crippen molar-refractivity contribution < 1.29 is 13.6 Å². The van der Waals surface area contributed by atoms with Crippen molar-refractivity contribution in [2.24, 2.45) is 0 Å². The minimum absolute atomic E-state index is 0.0854. The SMILES string of the molecule is CC(C)(C)n1nc(-c2cc(C(=O)CCc3c(F)cccc3Cl)co2)c2c(N)ncnc21. The number of furan rings is 1. The standard InChI is InChI=1S/C22H21ClFN5O2/c1-22(2,3)29-21-18(20(25)26-11-27-21)19(28-29)17-9-12(10-31-17)16(30)8-7-13-14(23)5-4-6-15(13)24/h4-6,9-11H,7-8H2,1-3H3,(H2,25,26,27). The van der Waals surface area contributed by atoms with Gasteiger partial charge in [-0.05, 0) is 45.4 Å². The van der Waals surface area contributed by atoms with Crippen LogP contribution in [0.25, 0.3) is 22.5 Å². The van der Waals surface area contributed by atoms with Crippen molar-refractivity contribution >= 4 is 34.2 Å². The van der Waals surface area contributed by atoms with Gasteiger partial charge in [-0.2, -0.15) is 5.10 Å². The zero-order chi connectivity index (χ0) is 22.3. The van der Waals surface area contributed by atoms with E-state index in [0.29, 0.717) is 38.6 Å². The number of aromatic nitrogens is 4. The van der Waals surface area contributed by atoms with Crippen molar-refractivity contribution in [3.8, 4) is 11.5 Å². The molecule has 0 radical (unpaired) electrons. The Balaban J connectivity index is 1.65. The van der Waals surface area contributed by atoms with E-state index in [4.69, 9.17) is 21.8 Å². The van der Waals surface area contributed by atoms with Gasteiger partial charge in [-0.15, -0.1) is 0 Å². The maximum Gasteiger partial charge on any atom is 0.166 e. The fraction of sp³-hybridized carbons (Fsp3) is 0.273. The molecule has 4 aromatic rings. The molecule has 0 amide bonds. The van der Waals surface area contributed by atoms with Gasteiger partial charge in [-0.25, -0.2) is 19.0 Å². The summed E-state index contributed by atoms with van der Waals surface area (Å²) in [6.07, 6.45) is 3.02. The molecule has 0 aliphatic heterocycles. The largest absolute Gasteiger partial charge is 0.462 e. The fourth-order valence-electron chi connectivity index (χ4n) is 3.38. The topological polar surface area (TPSA) is 99.8 Å². The third-order valence-corrected chi connectivity index (χ3v) is 5.30. The number of Topliss-reactive ketones (excluding diaryl/α,β-unsaturated/α-hetero) is 1. The highest BCUT2D eigenvalue weighted by atomic mass is 35.5. The van der Waals surface area contributed by atoms with E-state index < -0.39 is 5.82 Å². The highest BCUT2D eigenvalue weighted by Gasteiger charge is 2.26. The van der Waals surface area contributed by atoms with E-state index in [2.05, 4.69) is 15.1 Å². The third kappa shape index (κ3) is 3.90. The van der Waals surface area contributed by atoms with Crippen LogP contribution in [0.2, 0.25) is 5.02 Å². The Morgan fingerprint density at radius 2 is 2.06 bits per heavy atom. The third-order valence-electron chi connectivity index (χ3n) is 4.95. The summed E-state index contributed by atoms with van der Waals surface area (Å²) >= 11 is 6.05. The molecule has 0 atom stereocenters. The molecule has 0 bridgehead atoms. The number of nitrogen functional groups attached to an aromatic ring is 1. The Labute approximate surface area is 183 Å². The molecule has 4 rings (SSSR count). The number of nitrogens with zero attached hydrogens (tertiary/aromatic N) is 4. The number of anilines is 1. The average molecular weight is 442 g/mol. The Morgan fingerprint density at radius 3 is 2.77 bits per heavy atom. The fourth-order valence-corrected chi connectivity index (χ4v) is 3.63. The van der Waals surface area contributed by atoms with Gasteiger partial charge in [0.2, 0.25) is 0 Å². The summed E-state index contributed by atoms with van der Waals surface area (Å²) in [5, 5.41) is 5.50. The predicted molar refractivity (Wildman–Crippen MR) is 116 cm³/mol. The van der Waals surface area contributed by atoms with Crippen LogP contribution >= 0.6 is 11.6 Å². The number of halogens is 2. The van der Waals surface area contributed by atoms with Gasteiger partial charge >= 0.3 is 0 Å². The first kappa shape index (κ1) is 21.0. The zero-order valence-electron chi connectivity index (χ0n) is 17.3. The number of ketones is 1. The normalized spacial score (nSPS) is 11.9. The lowest BCUT2D eigenvalue weighted by molar-refractivity contribution is 0.0982. The highest BCUT2D eigenvalue weighted by molar-refractivity contribution is 6.31. The first-order chi connectivity index (χ1) is 14.7. The second kappa shape index (κ2) is 7.77. The molecule has 3 heterocycles. The van der Waals surface area contributed by atoms with Gasteiger partial charge in [0.25, 0.3) is 0 Å². The lowest BCUT2D eigenvalue weighted by Gasteiger charge is -2.19. The minimum atomic E-state index is -0.428. The van der Waals surface area contributed by atoms with Crippen LogP contribution in [-0.4, -0.2) is 25.5 Å². The van der Waals surface area contributed by atoms with Crippen LogP contribution < -0.4 is 5.73 Å².